The Kier molecular flexibility index (Phi) is 3.87. The molecule has 3 N–H and O–H groups in total. The maximum absolute atomic E-state index is 11.1. The highest BCUT2D eigenvalue weighted by atomic mass is 16.4. The van der Waals surface area contributed by atoms with Crippen molar-refractivity contribution in [3.05, 3.63) is 29.3 Å². The van der Waals surface area contributed by atoms with E-state index in [1.165, 1.54) is 0 Å². The Balaban J connectivity index is 2.06. The molecular formula is C14H19NO3. The molecule has 0 heterocycles. The number of aliphatic hydroxyl groups excluding tert-OH is 1. The van der Waals surface area contributed by atoms with E-state index < -0.39 is 5.97 Å². The van der Waals surface area contributed by atoms with E-state index in [9.17, 15) is 9.90 Å². The van der Waals surface area contributed by atoms with Gasteiger partial charge in [-0.15, -0.1) is 0 Å². The van der Waals surface area contributed by atoms with E-state index >= 15 is 0 Å². The second kappa shape index (κ2) is 5.40. The zero-order valence-corrected chi connectivity index (χ0v) is 10.5. The summed E-state index contributed by atoms with van der Waals surface area (Å²) in [5.74, 6) is -0.478. The Labute approximate surface area is 107 Å². The Morgan fingerprint density at radius 2 is 2.22 bits per heavy atom. The molecule has 1 aliphatic rings. The highest BCUT2D eigenvalue weighted by molar-refractivity contribution is 5.95. The predicted molar refractivity (Wildman–Crippen MR) is 70.0 cm³/mol. The molecule has 2 atom stereocenters. The number of aromatic carboxylic acids is 1. The van der Waals surface area contributed by atoms with Crippen LogP contribution in [0.3, 0.4) is 0 Å². The van der Waals surface area contributed by atoms with E-state index in [0.29, 0.717) is 17.2 Å². The van der Waals surface area contributed by atoms with E-state index in [1.54, 1.807) is 12.1 Å². The molecule has 0 amide bonds. The van der Waals surface area contributed by atoms with Crippen LogP contribution in [0.2, 0.25) is 0 Å². The first-order valence-electron chi connectivity index (χ1n) is 6.32. The average molecular weight is 249 g/mol. The molecule has 0 bridgehead atoms. The molecule has 1 aromatic rings. The normalized spacial score (nSPS) is 23.0. The Bertz CT molecular complexity index is 445. The Hall–Kier alpha value is -1.55. The van der Waals surface area contributed by atoms with E-state index in [-0.39, 0.29) is 6.10 Å². The minimum Gasteiger partial charge on any atom is -0.478 e. The van der Waals surface area contributed by atoms with Crippen LogP contribution in [0.25, 0.3) is 0 Å². The van der Waals surface area contributed by atoms with Crippen molar-refractivity contribution in [2.24, 2.45) is 5.92 Å². The molecule has 2 unspecified atom stereocenters. The lowest BCUT2D eigenvalue weighted by atomic mass is 10.1. The van der Waals surface area contributed by atoms with Gasteiger partial charge in [0.2, 0.25) is 0 Å². The van der Waals surface area contributed by atoms with Crippen LogP contribution in [0.1, 0.15) is 35.2 Å². The molecule has 0 spiro atoms. The second-order valence-corrected chi connectivity index (χ2v) is 5.02. The molecule has 1 aliphatic carbocycles. The molecule has 18 heavy (non-hydrogen) atoms. The lowest BCUT2D eigenvalue weighted by molar-refractivity contribution is 0.0697. The summed E-state index contributed by atoms with van der Waals surface area (Å²) in [7, 11) is 0. The van der Waals surface area contributed by atoms with Gasteiger partial charge in [-0.2, -0.15) is 0 Å². The summed E-state index contributed by atoms with van der Waals surface area (Å²) in [5.41, 5.74) is 1.95. The standard InChI is InChI=1S/C14H19NO3/c1-9-3-2-4-12(14(17)18)13(9)15-8-10-5-6-11(16)7-10/h2-4,10-11,15-16H,5-8H2,1H3,(H,17,18). The van der Waals surface area contributed by atoms with Crippen molar-refractivity contribution < 1.29 is 15.0 Å². The number of rotatable bonds is 4. The van der Waals surface area contributed by atoms with Crippen LogP contribution in [0.15, 0.2) is 18.2 Å². The smallest absolute Gasteiger partial charge is 0.337 e. The summed E-state index contributed by atoms with van der Waals surface area (Å²) in [6.07, 6.45) is 2.47. The van der Waals surface area contributed by atoms with Crippen LogP contribution in [0, 0.1) is 12.8 Å². The van der Waals surface area contributed by atoms with Crippen molar-refractivity contribution in [3.63, 3.8) is 0 Å². The van der Waals surface area contributed by atoms with E-state index in [4.69, 9.17) is 5.11 Å². The summed E-state index contributed by atoms with van der Waals surface area (Å²) < 4.78 is 0. The SMILES string of the molecule is Cc1cccc(C(=O)O)c1NCC1CCC(O)C1. The topological polar surface area (TPSA) is 69.6 Å². The molecule has 0 aliphatic heterocycles. The van der Waals surface area contributed by atoms with Gasteiger partial charge in [-0.05, 0) is 43.7 Å². The van der Waals surface area contributed by atoms with Crippen LogP contribution in [0.4, 0.5) is 5.69 Å². The highest BCUT2D eigenvalue weighted by Crippen LogP contribution is 2.27. The summed E-state index contributed by atoms with van der Waals surface area (Å²) >= 11 is 0. The van der Waals surface area contributed by atoms with E-state index in [0.717, 1.165) is 31.4 Å². The third-order valence-corrected chi connectivity index (χ3v) is 3.58. The molecule has 1 fully saturated rings. The fraction of sp³-hybridized carbons (Fsp3) is 0.500. The van der Waals surface area contributed by atoms with Crippen LogP contribution < -0.4 is 5.32 Å². The zero-order chi connectivity index (χ0) is 13.1. The molecule has 1 saturated carbocycles. The average Bonchev–Trinajstić information content (AvgIpc) is 2.73. The first kappa shape index (κ1) is 12.9. The number of hydrogen-bond donors (Lipinski definition) is 3. The highest BCUT2D eigenvalue weighted by Gasteiger charge is 2.23. The van der Waals surface area contributed by atoms with Crippen LogP contribution >= 0.6 is 0 Å². The van der Waals surface area contributed by atoms with Crippen molar-refractivity contribution >= 4 is 11.7 Å². The number of aryl methyl sites for hydroxylation is 1. The lowest BCUT2D eigenvalue weighted by Crippen LogP contribution is -2.15. The van der Waals surface area contributed by atoms with Crippen molar-refractivity contribution in [1.29, 1.82) is 0 Å². The van der Waals surface area contributed by atoms with Crippen molar-refractivity contribution in [2.75, 3.05) is 11.9 Å². The van der Waals surface area contributed by atoms with Crippen molar-refractivity contribution in [2.45, 2.75) is 32.3 Å². The van der Waals surface area contributed by atoms with Gasteiger partial charge in [0.05, 0.1) is 17.4 Å². The number of nitrogens with one attached hydrogen (secondary N) is 1. The molecule has 0 saturated heterocycles. The minimum absolute atomic E-state index is 0.187. The number of anilines is 1. The fourth-order valence-electron chi connectivity index (χ4n) is 2.56. The van der Waals surface area contributed by atoms with Gasteiger partial charge in [0.15, 0.2) is 0 Å². The molecule has 0 radical (unpaired) electrons. The maximum atomic E-state index is 11.1. The Morgan fingerprint density at radius 1 is 1.44 bits per heavy atom. The van der Waals surface area contributed by atoms with Gasteiger partial charge in [-0.1, -0.05) is 12.1 Å². The molecular weight excluding hydrogens is 230 g/mol. The number of benzene rings is 1. The number of carboxylic acids is 1. The number of para-hydroxylation sites is 1. The molecule has 98 valence electrons. The third kappa shape index (κ3) is 2.82. The first-order valence-corrected chi connectivity index (χ1v) is 6.32. The van der Waals surface area contributed by atoms with Crippen molar-refractivity contribution in [3.8, 4) is 0 Å². The molecule has 1 aromatic carbocycles. The fourth-order valence-corrected chi connectivity index (χ4v) is 2.56. The zero-order valence-electron chi connectivity index (χ0n) is 10.5. The molecule has 4 nitrogen and oxygen atoms in total. The maximum Gasteiger partial charge on any atom is 0.337 e. The quantitative estimate of drug-likeness (QED) is 0.765. The van der Waals surface area contributed by atoms with Gasteiger partial charge in [0.1, 0.15) is 0 Å². The van der Waals surface area contributed by atoms with Gasteiger partial charge in [-0.25, -0.2) is 4.79 Å². The number of carbonyl (C=O) groups is 1. The van der Waals surface area contributed by atoms with Crippen LogP contribution in [-0.4, -0.2) is 28.8 Å². The number of aliphatic hydroxyl groups is 1. The van der Waals surface area contributed by atoms with E-state index in [1.807, 2.05) is 13.0 Å². The third-order valence-electron chi connectivity index (χ3n) is 3.58. The van der Waals surface area contributed by atoms with Gasteiger partial charge in [-0.3, -0.25) is 0 Å². The summed E-state index contributed by atoms with van der Waals surface area (Å²) in [6, 6.07) is 5.27. The second-order valence-electron chi connectivity index (χ2n) is 5.02. The van der Waals surface area contributed by atoms with E-state index in [2.05, 4.69) is 5.32 Å². The van der Waals surface area contributed by atoms with Gasteiger partial charge in [0.25, 0.3) is 0 Å². The van der Waals surface area contributed by atoms with Crippen molar-refractivity contribution in [1.82, 2.24) is 0 Å². The number of hydrogen-bond acceptors (Lipinski definition) is 3. The van der Waals surface area contributed by atoms with Gasteiger partial charge >= 0.3 is 5.97 Å². The van der Waals surface area contributed by atoms with Gasteiger partial charge < -0.3 is 15.5 Å². The van der Waals surface area contributed by atoms with Crippen LogP contribution in [-0.2, 0) is 0 Å². The predicted octanol–water partition coefficient (Wildman–Crippen LogP) is 2.27. The Morgan fingerprint density at radius 3 is 2.83 bits per heavy atom. The minimum atomic E-state index is -0.910. The van der Waals surface area contributed by atoms with Crippen LogP contribution in [0.5, 0.6) is 0 Å². The largest absolute Gasteiger partial charge is 0.478 e. The monoisotopic (exact) mass is 249 g/mol. The molecule has 2 rings (SSSR count). The molecule has 4 heteroatoms. The summed E-state index contributed by atoms with van der Waals surface area (Å²) in [4.78, 5) is 11.1. The van der Waals surface area contributed by atoms with Gasteiger partial charge in [0, 0.05) is 6.54 Å². The molecule has 0 aromatic heterocycles. The summed E-state index contributed by atoms with van der Waals surface area (Å²) in [5, 5.41) is 21.8. The first-order chi connectivity index (χ1) is 8.58. The number of carboxylic acid groups (broad SMARTS) is 1. The lowest BCUT2D eigenvalue weighted by Gasteiger charge is -2.16. The summed E-state index contributed by atoms with van der Waals surface area (Å²) in [6.45, 7) is 2.63.